The molecular weight excluding hydrogens is 437 g/mol. The van der Waals surface area contributed by atoms with Crippen LogP contribution in [0.25, 0.3) is 0 Å². The maximum Gasteiger partial charge on any atom is 0.354 e. The Kier molecular flexibility index (Phi) is 5.42. The summed E-state index contributed by atoms with van der Waals surface area (Å²) in [6, 6.07) is 1.21. The van der Waals surface area contributed by atoms with Crippen LogP contribution in [0, 0.1) is 0 Å². The number of rotatable bonds is 4. The van der Waals surface area contributed by atoms with Crippen molar-refractivity contribution in [1.82, 2.24) is 9.78 Å². The Morgan fingerprint density at radius 3 is 3.09 bits per heavy atom. The number of amides is 2. The van der Waals surface area contributed by atoms with Crippen molar-refractivity contribution in [3.05, 3.63) is 34.5 Å². The van der Waals surface area contributed by atoms with Gasteiger partial charge in [0.2, 0.25) is 5.88 Å². The summed E-state index contributed by atoms with van der Waals surface area (Å²) in [5.74, 6) is -0.197. The Morgan fingerprint density at radius 2 is 2.28 bits per heavy atom. The van der Waals surface area contributed by atoms with Crippen molar-refractivity contribution >= 4 is 21.6 Å². The zero-order valence-electron chi connectivity index (χ0n) is 17.8. The Balaban J connectivity index is 1.51. The second-order valence-electron chi connectivity index (χ2n) is 8.43. The first-order valence-corrected chi connectivity index (χ1v) is 12.3. The van der Waals surface area contributed by atoms with E-state index in [0.717, 1.165) is 47.9 Å². The molecule has 0 radical (unpaired) electrons. The molecule has 9 nitrogen and oxygen atoms in total. The van der Waals surface area contributed by atoms with Crippen LogP contribution in [0.5, 0.6) is 5.88 Å². The average molecular weight is 464 g/mol. The van der Waals surface area contributed by atoms with Gasteiger partial charge in [0, 0.05) is 38.1 Å². The van der Waals surface area contributed by atoms with E-state index in [4.69, 9.17) is 14.6 Å². The molecule has 172 valence electrons. The predicted molar refractivity (Wildman–Crippen MR) is 116 cm³/mol. The van der Waals surface area contributed by atoms with Gasteiger partial charge in [-0.1, -0.05) is 6.07 Å². The Morgan fingerprint density at radius 1 is 1.44 bits per heavy atom. The van der Waals surface area contributed by atoms with Gasteiger partial charge in [0.1, 0.15) is 11.1 Å². The van der Waals surface area contributed by atoms with E-state index in [-0.39, 0.29) is 23.8 Å². The lowest BCUT2D eigenvalue weighted by Crippen LogP contribution is -2.22. The van der Waals surface area contributed by atoms with Crippen molar-refractivity contribution < 1.29 is 22.9 Å². The minimum atomic E-state index is -3.58. The van der Waals surface area contributed by atoms with E-state index in [0.29, 0.717) is 18.8 Å². The van der Waals surface area contributed by atoms with Gasteiger partial charge in [-0.25, -0.2) is 23.2 Å². The lowest BCUT2D eigenvalue weighted by Gasteiger charge is -2.20. The molecule has 1 aliphatic heterocycles. The molecule has 2 aliphatic carbocycles. The number of nitrogens with zero attached hydrogens (tertiary/aromatic N) is 3. The van der Waals surface area contributed by atoms with Crippen molar-refractivity contribution in [2.45, 2.75) is 55.6 Å². The summed E-state index contributed by atoms with van der Waals surface area (Å²) in [7, 11) is -2.05. The van der Waals surface area contributed by atoms with Gasteiger partial charge in [-0.2, -0.15) is 5.10 Å². The maximum absolute atomic E-state index is 14.8. The van der Waals surface area contributed by atoms with Crippen LogP contribution in [-0.4, -0.2) is 46.5 Å². The summed E-state index contributed by atoms with van der Waals surface area (Å²) in [4.78, 5) is 13.0. The standard InChI is InChI=1S/C21H26FN5O4S/c1-30-11-15-16(22)9-13-8-12-4-2-5-14(12)19(18(13)15)25-21(28)26-32(23,29)17-10-24-27-6-3-7-31-20(17)27/h8,10,15-16H,2-7,9,11H2,1H3,(H3,23,25,26,28,29). The number of urea groups is 1. The number of nitrogens with two attached hydrogens (primary N) is 1. The highest BCUT2D eigenvalue weighted by Crippen LogP contribution is 2.45. The molecule has 2 heterocycles. The van der Waals surface area contributed by atoms with E-state index in [2.05, 4.69) is 20.8 Å². The number of anilines is 1. The number of aromatic nitrogens is 2. The molecule has 5 rings (SSSR count). The van der Waals surface area contributed by atoms with E-state index in [1.54, 1.807) is 4.68 Å². The number of fused-ring (bicyclic) bond motifs is 3. The molecule has 0 saturated heterocycles. The van der Waals surface area contributed by atoms with E-state index in [1.165, 1.54) is 13.3 Å². The topological polar surface area (TPSA) is 121 Å². The number of ether oxygens (including phenoxy) is 2. The van der Waals surface area contributed by atoms with Gasteiger partial charge >= 0.3 is 6.03 Å². The molecule has 1 aromatic heterocycles. The fourth-order valence-corrected chi connectivity index (χ4v) is 6.01. The maximum atomic E-state index is 14.8. The summed E-state index contributed by atoms with van der Waals surface area (Å²) in [5, 5.41) is 12.9. The number of carbonyl (C=O) groups excluding carboxylic acids is 1. The highest BCUT2D eigenvalue weighted by molar-refractivity contribution is 7.91. The van der Waals surface area contributed by atoms with Crippen molar-refractivity contribution in [3.63, 3.8) is 0 Å². The fourth-order valence-electron chi connectivity index (χ4n) is 5.01. The molecule has 1 aromatic carbocycles. The first-order chi connectivity index (χ1) is 15.4. The molecule has 3 N–H and O–H groups in total. The zero-order chi connectivity index (χ0) is 22.5. The smallest absolute Gasteiger partial charge is 0.354 e. The molecule has 0 saturated carbocycles. The van der Waals surface area contributed by atoms with E-state index >= 15 is 0 Å². The van der Waals surface area contributed by atoms with Gasteiger partial charge in [-0.05, 0) is 41.5 Å². The number of benzene rings is 1. The van der Waals surface area contributed by atoms with Gasteiger partial charge < -0.3 is 14.8 Å². The van der Waals surface area contributed by atoms with Gasteiger partial charge in [0.15, 0.2) is 9.92 Å². The third kappa shape index (κ3) is 3.57. The molecule has 2 aromatic rings. The number of hydrogen-bond donors (Lipinski definition) is 2. The van der Waals surface area contributed by atoms with E-state index < -0.39 is 28.0 Å². The van der Waals surface area contributed by atoms with Crippen LogP contribution in [0.2, 0.25) is 0 Å². The molecule has 0 bridgehead atoms. The monoisotopic (exact) mass is 463 g/mol. The van der Waals surface area contributed by atoms with E-state index in [9.17, 15) is 13.4 Å². The number of carbonyl (C=O) groups is 1. The summed E-state index contributed by atoms with van der Waals surface area (Å²) >= 11 is 0. The largest absolute Gasteiger partial charge is 0.477 e. The quantitative estimate of drug-likeness (QED) is 0.722. The normalized spacial score (nSPS) is 23.0. The number of aryl methyl sites for hydroxylation is 2. The predicted octanol–water partition coefficient (Wildman–Crippen LogP) is 2.71. The van der Waals surface area contributed by atoms with Crippen molar-refractivity contribution in [3.8, 4) is 5.88 Å². The van der Waals surface area contributed by atoms with Crippen LogP contribution in [0.3, 0.4) is 0 Å². The number of halogens is 1. The number of methoxy groups -OCH3 is 1. The highest BCUT2D eigenvalue weighted by atomic mass is 32.2. The molecular formula is C21H26FN5O4S. The zero-order valence-corrected chi connectivity index (χ0v) is 18.6. The minimum absolute atomic E-state index is 0.0944. The molecule has 0 fully saturated rings. The van der Waals surface area contributed by atoms with Crippen LogP contribution in [0.4, 0.5) is 14.9 Å². The SMILES string of the molecule is COCC1c2c(cc3c(c2NC(=O)N=S(N)(=O)c2cnn4c2OCCC4)CCC3)CC1F. The summed E-state index contributed by atoms with van der Waals surface area (Å²) < 4.78 is 44.1. The van der Waals surface area contributed by atoms with Crippen LogP contribution in [0.1, 0.15) is 41.0 Å². The Bertz CT molecular complexity index is 1200. The fraction of sp³-hybridized carbons (Fsp3) is 0.524. The summed E-state index contributed by atoms with van der Waals surface area (Å²) in [6.07, 6.45) is 3.92. The van der Waals surface area contributed by atoms with Crippen LogP contribution in [0.15, 0.2) is 21.5 Å². The van der Waals surface area contributed by atoms with Gasteiger partial charge in [0.05, 0.1) is 19.4 Å². The molecule has 0 spiro atoms. The van der Waals surface area contributed by atoms with Crippen LogP contribution in [-0.2, 0) is 40.5 Å². The van der Waals surface area contributed by atoms with Gasteiger partial charge in [-0.3, -0.25) is 0 Å². The summed E-state index contributed by atoms with van der Waals surface area (Å²) in [5.41, 5.74) is 4.28. The number of hydrogen-bond acceptors (Lipinski definition) is 5. The van der Waals surface area contributed by atoms with Crippen LogP contribution >= 0.6 is 0 Å². The minimum Gasteiger partial charge on any atom is -0.477 e. The highest BCUT2D eigenvalue weighted by Gasteiger charge is 2.37. The molecule has 32 heavy (non-hydrogen) atoms. The van der Waals surface area contributed by atoms with Crippen LogP contribution < -0.4 is 15.2 Å². The Labute approximate surface area is 185 Å². The van der Waals surface area contributed by atoms with Crippen molar-refractivity contribution in [1.29, 1.82) is 0 Å². The van der Waals surface area contributed by atoms with Crippen molar-refractivity contribution in [2.75, 3.05) is 25.6 Å². The third-order valence-corrected chi connectivity index (χ3v) is 7.72. The number of nitrogens with one attached hydrogen (secondary N) is 1. The van der Waals surface area contributed by atoms with Gasteiger partial charge in [0.25, 0.3) is 0 Å². The second-order valence-corrected chi connectivity index (χ2v) is 10.2. The third-order valence-electron chi connectivity index (χ3n) is 6.37. The first-order valence-electron chi connectivity index (χ1n) is 10.7. The lowest BCUT2D eigenvalue weighted by atomic mass is 9.94. The molecule has 3 unspecified atom stereocenters. The second kappa shape index (κ2) is 8.13. The molecule has 3 aliphatic rings. The van der Waals surface area contributed by atoms with E-state index in [1.807, 2.05) is 0 Å². The molecule has 11 heteroatoms. The summed E-state index contributed by atoms with van der Waals surface area (Å²) in [6.45, 7) is 1.28. The number of alkyl halides is 1. The van der Waals surface area contributed by atoms with Gasteiger partial charge in [-0.15, -0.1) is 4.36 Å². The van der Waals surface area contributed by atoms with Crippen molar-refractivity contribution in [2.24, 2.45) is 9.50 Å². The average Bonchev–Trinajstić information content (AvgIpc) is 3.45. The first kappa shape index (κ1) is 21.4. The Hall–Kier alpha value is -2.50. The lowest BCUT2D eigenvalue weighted by molar-refractivity contribution is 0.145. The molecule has 3 atom stereocenters. The molecule has 2 amide bonds.